The molecule has 6 heteroatoms. The van der Waals surface area contributed by atoms with Crippen molar-refractivity contribution in [1.29, 1.82) is 0 Å². The van der Waals surface area contributed by atoms with Crippen molar-refractivity contribution in [2.75, 3.05) is 6.54 Å². The molecule has 0 fully saturated rings. The van der Waals surface area contributed by atoms with E-state index in [1.165, 1.54) is 11.7 Å². The molecule has 2 aromatic rings. The SMILES string of the molecule is Cc1nn(C)c(=O)c(C(=O)NC[C@@H](C)Oc2ccccc2)c1C. The molecule has 1 aromatic carbocycles. The minimum absolute atomic E-state index is 0.131. The first-order chi connectivity index (χ1) is 10.9. The van der Waals surface area contributed by atoms with Gasteiger partial charge in [-0.15, -0.1) is 0 Å². The highest BCUT2D eigenvalue weighted by molar-refractivity contribution is 5.95. The summed E-state index contributed by atoms with van der Waals surface area (Å²) in [5, 5.41) is 6.82. The smallest absolute Gasteiger partial charge is 0.279 e. The average molecular weight is 315 g/mol. The number of hydrogen-bond acceptors (Lipinski definition) is 4. The van der Waals surface area contributed by atoms with Crippen LogP contribution in [0.15, 0.2) is 35.1 Å². The molecule has 122 valence electrons. The van der Waals surface area contributed by atoms with Gasteiger partial charge in [0.2, 0.25) is 0 Å². The van der Waals surface area contributed by atoms with Gasteiger partial charge in [-0.2, -0.15) is 5.10 Å². The number of amides is 1. The third-order valence-electron chi connectivity index (χ3n) is 3.58. The number of hydrogen-bond donors (Lipinski definition) is 1. The zero-order valence-electron chi connectivity index (χ0n) is 13.8. The second-order valence-electron chi connectivity index (χ2n) is 5.47. The molecule has 0 aliphatic rings. The summed E-state index contributed by atoms with van der Waals surface area (Å²) in [5.74, 6) is 0.332. The van der Waals surface area contributed by atoms with Gasteiger partial charge in [0.25, 0.3) is 11.5 Å². The Morgan fingerprint density at radius 3 is 2.61 bits per heavy atom. The van der Waals surface area contributed by atoms with Crippen LogP contribution in [0.1, 0.15) is 28.5 Å². The molecule has 0 bridgehead atoms. The summed E-state index contributed by atoms with van der Waals surface area (Å²) in [6.07, 6.45) is -0.214. The Morgan fingerprint density at radius 2 is 1.96 bits per heavy atom. The fourth-order valence-electron chi connectivity index (χ4n) is 2.21. The molecule has 0 unspecified atom stereocenters. The highest BCUT2D eigenvalue weighted by atomic mass is 16.5. The first-order valence-electron chi connectivity index (χ1n) is 7.44. The number of carbonyl (C=O) groups excluding carboxylic acids is 1. The van der Waals surface area contributed by atoms with Crippen molar-refractivity contribution in [3.05, 3.63) is 57.5 Å². The van der Waals surface area contributed by atoms with E-state index in [1.807, 2.05) is 37.3 Å². The Bertz CT molecular complexity index is 754. The van der Waals surface area contributed by atoms with Crippen LogP contribution < -0.4 is 15.6 Å². The zero-order valence-corrected chi connectivity index (χ0v) is 13.8. The first-order valence-corrected chi connectivity index (χ1v) is 7.44. The van der Waals surface area contributed by atoms with Gasteiger partial charge in [0.05, 0.1) is 12.2 Å². The van der Waals surface area contributed by atoms with Crippen LogP contribution >= 0.6 is 0 Å². The van der Waals surface area contributed by atoms with E-state index in [0.29, 0.717) is 17.8 Å². The lowest BCUT2D eigenvalue weighted by Crippen LogP contribution is -2.39. The standard InChI is InChI=1S/C17H21N3O3/c1-11(23-14-8-6-5-7-9-14)10-18-16(21)15-12(2)13(3)19-20(4)17(15)22/h5-9,11H,10H2,1-4H3,(H,18,21)/t11-/m1/s1. The maximum atomic E-state index is 12.3. The Morgan fingerprint density at radius 1 is 1.30 bits per heavy atom. The predicted molar refractivity (Wildman–Crippen MR) is 87.8 cm³/mol. The molecule has 0 aliphatic carbocycles. The number of ether oxygens (including phenoxy) is 1. The molecular formula is C17H21N3O3. The highest BCUT2D eigenvalue weighted by Gasteiger charge is 2.18. The van der Waals surface area contributed by atoms with E-state index < -0.39 is 11.5 Å². The van der Waals surface area contributed by atoms with Gasteiger partial charge in [-0.25, -0.2) is 4.68 Å². The Balaban J connectivity index is 2.04. The van der Waals surface area contributed by atoms with Gasteiger partial charge in [0.15, 0.2) is 0 Å². The quantitative estimate of drug-likeness (QED) is 0.909. The van der Waals surface area contributed by atoms with Crippen molar-refractivity contribution in [2.45, 2.75) is 26.9 Å². The van der Waals surface area contributed by atoms with Crippen LogP contribution in [0.25, 0.3) is 0 Å². The van der Waals surface area contributed by atoms with Gasteiger partial charge in [-0.1, -0.05) is 18.2 Å². The van der Waals surface area contributed by atoms with Crippen LogP contribution in [0, 0.1) is 13.8 Å². The largest absolute Gasteiger partial charge is 0.489 e. The predicted octanol–water partition coefficient (Wildman–Crippen LogP) is 1.59. The first kappa shape index (κ1) is 16.7. The molecular weight excluding hydrogens is 294 g/mol. The van der Waals surface area contributed by atoms with Gasteiger partial charge in [0, 0.05) is 7.05 Å². The second kappa shape index (κ2) is 7.09. The van der Waals surface area contributed by atoms with Crippen LogP contribution in [0.3, 0.4) is 0 Å². The lowest BCUT2D eigenvalue weighted by atomic mass is 10.1. The van der Waals surface area contributed by atoms with E-state index in [2.05, 4.69) is 10.4 Å². The summed E-state index contributed by atoms with van der Waals surface area (Å²) >= 11 is 0. The van der Waals surface area contributed by atoms with Crippen molar-refractivity contribution in [2.24, 2.45) is 7.05 Å². The molecule has 1 aromatic heterocycles. The second-order valence-corrected chi connectivity index (χ2v) is 5.47. The summed E-state index contributed by atoms with van der Waals surface area (Å²) in [5.41, 5.74) is 0.988. The molecule has 23 heavy (non-hydrogen) atoms. The van der Waals surface area contributed by atoms with Crippen molar-refractivity contribution in [1.82, 2.24) is 15.1 Å². The molecule has 1 N–H and O–H groups in total. The molecule has 2 rings (SSSR count). The Labute approximate surface area is 135 Å². The van der Waals surface area contributed by atoms with E-state index in [4.69, 9.17) is 4.74 Å². The van der Waals surface area contributed by atoms with Crippen LogP contribution in [0.2, 0.25) is 0 Å². The van der Waals surface area contributed by atoms with Crippen molar-refractivity contribution in [3.8, 4) is 5.75 Å². The molecule has 0 aliphatic heterocycles. The number of nitrogens with zero attached hydrogens (tertiary/aromatic N) is 2. The fourth-order valence-corrected chi connectivity index (χ4v) is 2.21. The van der Waals surface area contributed by atoms with E-state index in [0.717, 1.165) is 5.75 Å². The summed E-state index contributed by atoms with van der Waals surface area (Å²) in [4.78, 5) is 24.5. The van der Waals surface area contributed by atoms with Gasteiger partial charge in [-0.3, -0.25) is 9.59 Å². The fraction of sp³-hybridized carbons (Fsp3) is 0.353. The number of nitrogens with one attached hydrogen (secondary N) is 1. The molecule has 0 spiro atoms. The third-order valence-corrected chi connectivity index (χ3v) is 3.58. The van der Waals surface area contributed by atoms with Crippen molar-refractivity contribution in [3.63, 3.8) is 0 Å². The number of aryl methyl sites for hydroxylation is 2. The molecule has 1 atom stereocenters. The molecule has 0 saturated heterocycles. The Hall–Kier alpha value is -2.63. The topological polar surface area (TPSA) is 73.2 Å². The van der Waals surface area contributed by atoms with Crippen molar-refractivity contribution < 1.29 is 9.53 Å². The van der Waals surface area contributed by atoms with Crippen LogP contribution in [-0.4, -0.2) is 28.3 Å². The molecule has 6 nitrogen and oxygen atoms in total. The maximum absolute atomic E-state index is 12.3. The molecule has 0 radical (unpaired) electrons. The summed E-state index contributed by atoms with van der Waals surface area (Å²) < 4.78 is 6.88. The Kier molecular flexibility index (Phi) is 5.16. The van der Waals surface area contributed by atoms with Gasteiger partial charge in [0.1, 0.15) is 17.4 Å². The van der Waals surface area contributed by atoms with Crippen molar-refractivity contribution >= 4 is 5.91 Å². The molecule has 1 amide bonds. The minimum atomic E-state index is -0.405. The van der Waals surface area contributed by atoms with E-state index in [-0.39, 0.29) is 11.7 Å². The van der Waals surface area contributed by atoms with Gasteiger partial charge >= 0.3 is 0 Å². The summed E-state index contributed by atoms with van der Waals surface area (Å²) in [6.45, 7) is 5.66. The van der Waals surface area contributed by atoms with Gasteiger partial charge < -0.3 is 10.1 Å². The average Bonchev–Trinajstić information content (AvgIpc) is 2.52. The lowest BCUT2D eigenvalue weighted by molar-refractivity contribution is 0.0929. The van der Waals surface area contributed by atoms with Crippen LogP contribution in [0.5, 0.6) is 5.75 Å². The number of rotatable bonds is 5. The van der Waals surface area contributed by atoms with E-state index >= 15 is 0 Å². The molecule has 1 heterocycles. The lowest BCUT2D eigenvalue weighted by Gasteiger charge is -2.16. The highest BCUT2D eigenvalue weighted by Crippen LogP contribution is 2.10. The number of benzene rings is 1. The monoisotopic (exact) mass is 315 g/mol. The minimum Gasteiger partial charge on any atom is -0.489 e. The normalized spacial score (nSPS) is 11.8. The summed E-state index contributed by atoms with van der Waals surface area (Å²) in [7, 11) is 1.53. The summed E-state index contributed by atoms with van der Waals surface area (Å²) in [6, 6.07) is 9.37. The molecule has 0 saturated carbocycles. The maximum Gasteiger partial charge on any atom is 0.279 e. The van der Waals surface area contributed by atoms with Crippen LogP contribution in [-0.2, 0) is 7.05 Å². The number of aromatic nitrogens is 2. The van der Waals surface area contributed by atoms with E-state index in [9.17, 15) is 9.59 Å². The number of para-hydroxylation sites is 1. The van der Waals surface area contributed by atoms with Crippen LogP contribution in [0.4, 0.5) is 0 Å². The third kappa shape index (κ3) is 3.97. The number of carbonyl (C=O) groups is 1. The van der Waals surface area contributed by atoms with E-state index in [1.54, 1.807) is 13.8 Å². The van der Waals surface area contributed by atoms with Gasteiger partial charge in [-0.05, 0) is 38.5 Å². The zero-order chi connectivity index (χ0) is 17.0.